The Morgan fingerprint density at radius 3 is 2.64 bits per heavy atom. The first-order chi connectivity index (χ1) is 11.9. The Morgan fingerprint density at radius 2 is 1.96 bits per heavy atom. The van der Waals surface area contributed by atoms with Crippen molar-refractivity contribution in [1.82, 2.24) is 15.0 Å². The van der Waals surface area contributed by atoms with Gasteiger partial charge in [-0.3, -0.25) is 4.79 Å². The number of hydrogen-bond acceptors (Lipinski definition) is 3. The lowest BCUT2D eigenvalue weighted by Gasteiger charge is -2.16. The zero-order chi connectivity index (χ0) is 18.1. The molecule has 1 amide bonds. The van der Waals surface area contributed by atoms with Crippen molar-refractivity contribution >= 4 is 23.2 Å². The number of hydrogen-bond donors (Lipinski definition) is 0. The Hall–Kier alpha value is -2.73. The fourth-order valence-electron chi connectivity index (χ4n) is 2.50. The molecule has 0 aliphatic heterocycles. The number of nitrogens with zero attached hydrogens (tertiary/aromatic N) is 4. The molecule has 0 unspecified atom stereocenters. The number of carbonyl (C=O) groups is 1. The normalized spacial score (nSPS) is 10.8. The highest BCUT2D eigenvalue weighted by molar-refractivity contribution is 6.30. The molecule has 0 N–H and O–H groups in total. The van der Waals surface area contributed by atoms with Gasteiger partial charge in [-0.25, -0.2) is 9.07 Å². The third-order valence-corrected chi connectivity index (χ3v) is 4.23. The molecule has 0 saturated heterocycles. The molecule has 25 heavy (non-hydrogen) atoms. The van der Waals surface area contributed by atoms with Crippen LogP contribution in [-0.2, 0) is 0 Å². The zero-order valence-electron chi connectivity index (χ0n) is 14.0. The monoisotopic (exact) mass is 358 g/mol. The maximum atomic E-state index is 13.3. The van der Waals surface area contributed by atoms with Gasteiger partial charge in [0.25, 0.3) is 5.91 Å². The van der Waals surface area contributed by atoms with Crippen LogP contribution in [0.5, 0.6) is 0 Å². The first kappa shape index (κ1) is 17.1. The summed E-state index contributed by atoms with van der Waals surface area (Å²) in [4.78, 5) is 14.3. The Bertz CT molecular complexity index is 954. The second-order valence-corrected chi connectivity index (χ2v) is 6.14. The molecule has 2 aromatic carbocycles. The standard InChI is InChI=1S/C18H16ClFN4O/c1-11-5-4-6-13(9-11)23(3)18(25)17-12(2)24(22-21-17)14-7-8-16(20)15(19)10-14/h4-10H,1-3H3. The van der Waals surface area contributed by atoms with Gasteiger partial charge >= 0.3 is 0 Å². The quantitative estimate of drug-likeness (QED) is 0.712. The van der Waals surface area contributed by atoms with Gasteiger partial charge < -0.3 is 4.90 Å². The van der Waals surface area contributed by atoms with Crippen LogP contribution in [0, 0.1) is 19.7 Å². The van der Waals surface area contributed by atoms with E-state index in [2.05, 4.69) is 10.3 Å². The van der Waals surface area contributed by atoms with Gasteiger partial charge in [0.1, 0.15) is 5.82 Å². The van der Waals surface area contributed by atoms with E-state index < -0.39 is 5.82 Å². The van der Waals surface area contributed by atoms with Crippen molar-refractivity contribution in [1.29, 1.82) is 0 Å². The number of rotatable bonds is 3. The number of anilines is 1. The molecule has 0 atom stereocenters. The van der Waals surface area contributed by atoms with Crippen molar-refractivity contribution in [3.05, 3.63) is 70.3 Å². The van der Waals surface area contributed by atoms with Crippen LogP contribution in [0.3, 0.4) is 0 Å². The van der Waals surface area contributed by atoms with Gasteiger partial charge in [0.05, 0.1) is 16.4 Å². The van der Waals surface area contributed by atoms with Crippen LogP contribution in [0.25, 0.3) is 5.69 Å². The minimum Gasteiger partial charge on any atom is -0.310 e. The molecule has 7 heteroatoms. The second-order valence-electron chi connectivity index (χ2n) is 5.74. The lowest BCUT2D eigenvalue weighted by molar-refractivity contribution is 0.0987. The van der Waals surface area contributed by atoms with Crippen molar-refractivity contribution in [2.24, 2.45) is 0 Å². The van der Waals surface area contributed by atoms with Crippen LogP contribution in [-0.4, -0.2) is 27.9 Å². The van der Waals surface area contributed by atoms with E-state index >= 15 is 0 Å². The number of benzene rings is 2. The molecule has 3 rings (SSSR count). The first-order valence-corrected chi connectivity index (χ1v) is 7.98. The Labute approximate surface area is 149 Å². The van der Waals surface area contributed by atoms with Crippen molar-refractivity contribution in [3.63, 3.8) is 0 Å². The molecular weight excluding hydrogens is 343 g/mol. The maximum absolute atomic E-state index is 13.3. The van der Waals surface area contributed by atoms with E-state index in [-0.39, 0.29) is 16.6 Å². The van der Waals surface area contributed by atoms with Crippen molar-refractivity contribution in [2.45, 2.75) is 13.8 Å². The minimum absolute atomic E-state index is 0.0165. The van der Waals surface area contributed by atoms with E-state index in [1.807, 2.05) is 31.2 Å². The van der Waals surface area contributed by atoms with Crippen LogP contribution in [0.15, 0.2) is 42.5 Å². The summed E-state index contributed by atoms with van der Waals surface area (Å²) in [5, 5.41) is 7.99. The summed E-state index contributed by atoms with van der Waals surface area (Å²) < 4.78 is 14.8. The van der Waals surface area contributed by atoms with Gasteiger partial charge in [0.15, 0.2) is 5.69 Å². The van der Waals surface area contributed by atoms with Crippen molar-refractivity contribution in [3.8, 4) is 5.69 Å². The first-order valence-electron chi connectivity index (χ1n) is 7.61. The van der Waals surface area contributed by atoms with Crippen molar-refractivity contribution < 1.29 is 9.18 Å². The molecular formula is C18H16ClFN4O. The summed E-state index contributed by atoms with van der Waals surface area (Å²) in [5.41, 5.74) is 3.13. The highest BCUT2D eigenvalue weighted by atomic mass is 35.5. The fourth-order valence-corrected chi connectivity index (χ4v) is 2.68. The Balaban J connectivity index is 1.95. The van der Waals surface area contributed by atoms with Crippen LogP contribution >= 0.6 is 11.6 Å². The van der Waals surface area contributed by atoms with E-state index in [1.54, 1.807) is 14.0 Å². The zero-order valence-corrected chi connectivity index (χ0v) is 14.8. The highest BCUT2D eigenvalue weighted by Crippen LogP contribution is 2.22. The molecule has 1 aromatic heterocycles. The Kier molecular flexibility index (Phi) is 4.55. The van der Waals surface area contributed by atoms with Crippen LogP contribution in [0.1, 0.15) is 21.7 Å². The molecule has 128 valence electrons. The summed E-state index contributed by atoms with van der Waals surface area (Å²) >= 11 is 5.82. The summed E-state index contributed by atoms with van der Waals surface area (Å²) in [7, 11) is 1.68. The van der Waals surface area contributed by atoms with Crippen LogP contribution in [0.2, 0.25) is 5.02 Å². The Morgan fingerprint density at radius 1 is 1.20 bits per heavy atom. The summed E-state index contributed by atoms with van der Waals surface area (Å²) in [6.07, 6.45) is 0. The van der Waals surface area contributed by atoms with Gasteiger partial charge in [-0.2, -0.15) is 0 Å². The molecule has 0 aliphatic rings. The van der Waals surface area contributed by atoms with Gasteiger partial charge in [0.2, 0.25) is 0 Å². The molecule has 3 aromatic rings. The fraction of sp³-hybridized carbons (Fsp3) is 0.167. The predicted octanol–water partition coefficient (Wildman–Crippen LogP) is 3.95. The summed E-state index contributed by atoms with van der Waals surface area (Å²) in [6.45, 7) is 3.69. The highest BCUT2D eigenvalue weighted by Gasteiger charge is 2.22. The van der Waals surface area contributed by atoms with E-state index in [1.165, 1.54) is 27.8 Å². The lowest BCUT2D eigenvalue weighted by atomic mass is 10.2. The molecule has 0 fully saturated rings. The van der Waals surface area contributed by atoms with E-state index in [4.69, 9.17) is 11.6 Å². The average molecular weight is 359 g/mol. The average Bonchev–Trinajstić information content (AvgIpc) is 2.97. The number of carbonyl (C=O) groups excluding carboxylic acids is 1. The number of amides is 1. The number of halogens is 2. The third kappa shape index (κ3) is 3.25. The van der Waals surface area contributed by atoms with Gasteiger partial charge in [-0.15, -0.1) is 5.10 Å². The van der Waals surface area contributed by atoms with E-state index in [0.29, 0.717) is 11.4 Å². The topological polar surface area (TPSA) is 51.0 Å². The smallest absolute Gasteiger partial charge is 0.280 e. The molecule has 0 saturated carbocycles. The predicted molar refractivity (Wildman–Crippen MR) is 95.0 cm³/mol. The van der Waals surface area contributed by atoms with E-state index in [9.17, 15) is 9.18 Å². The van der Waals surface area contributed by atoms with Crippen molar-refractivity contribution in [2.75, 3.05) is 11.9 Å². The van der Waals surface area contributed by atoms with Gasteiger partial charge in [-0.05, 0) is 49.7 Å². The minimum atomic E-state index is -0.515. The molecule has 5 nitrogen and oxygen atoms in total. The maximum Gasteiger partial charge on any atom is 0.280 e. The van der Waals surface area contributed by atoms with Crippen LogP contribution in [0.4, 0.5) is 10.1 Å². The lowest BCUT2D eigenvalue weighted by Crippen LogP contribution is -2.27. The largest absolute Gasteiger partial charge is 0.310 e. The molecule has 0 radical (unpaired) electrons. The summed E-state index contributed by atoms with van der Waals surface area (Å²) in [6, 6.07) is 11.8. The number of aryl methyl sites for hydroxylation is 1. The molecule has 1 heterocycles. The van der Waals surface area contributed by atoms with Gasteiger partial charge in [0, 0.05) is 12.7 Å². The molecule has 0 aliphatic carbocycles. The molecule has 0 spiro atoms. The van der Waals surface area contributed by atoms with Gasteiger partial charge in [-0.1, -0.05) is 28.9 Å². The SMILES string of the molecule is Cc1cccc(N(C)C(=O)c2nnn(-c3ccc(F)c(Cl)c3)c2C)c1. The number of aromatic nitrogens is 3. The second kappa shape index (κ2) is 6.64. The summed E-state index contributed by atoms with van der Waals surface area (Å²) in [5.74, 6) is -0.791. The van der Waals surface area contributed by atoms with Crippen LogP contribution < -0.4 is 4.90 Å². The van der Waals surface area contributed by atoms with E-state index in [0.717, 1.165) is 11.3 Å². The third-order valence-electron chi connectivity index (χ3n) is 3.94. The molecule has 0 bridgehead atoms.